The Morgan fingerprint density at radius 3 is 2.66 bits per heavy atom. The van der Waals surface area contributed by atoms with Gasteiger partial charge < -0.3 is 10.1 Å². The zero-order valence-corrected chi connectivity index (χ0v) is 19.1. The van der Waals surface area contributed by atoms with E-state index in [4.69, 9.17) is 16.3 Å². The predicted octanol–water partition coefficient (Wildman–Crippen LogP) is 2.07. The molecule has 168 valence electrons. The summed E-state index contributed by atoms with van der Waals surface area (Å²) in [6, 6.07) is 13.5. The first-order chi connectivity index (χ1) is 15.4. The van der Waals surface area contributed by atoms with Gasteiger partial charge in [-0.25, -0.2) is 8.42 Å². The fraction of sp³-hybridized carbons (Fsp3) is 0.263. The van der Waals surface area contributed by atoms with E-state index in [2.05, 4.69) is 20.8 Å². The van der Waals surface area contributed by atoms with Gasteiger partial charge in [0.2, 0.25) is 21.1 Å². The molecule has 0 unspecified atom stereocenters. The summed E-state index contributed by atoms with van der Waals surface area (Å²) in [6.07, 6.45) is 0. The molecule has 10 nitrogen and oxygen atoms in total. The number of benzene rings is 2. The molecule has 2 aromatic carbocycles. The zero-order valence-electron chi connectivity index (χ0n) is 16.7. The maximum atomic E-state index is 12.9. The van der Waals surface area contributed by atoms with Gasteiger partial charge in [0.1, 0.15) is 0 Å². The van der Waals surface area contributed by atoms with Crippen molar-refractivity contribution < 1.29 is 17.9 Å². The van der Waals surface area contributed by atoms with E-state index >= 15 is 0 Å². The van der Waals surface area contributed by atoms with Crippen LogP contribution in [0.1, 0.15) is 0 Å². The summed E-state index contributed by atoms with van der Waals surface area (Å²) in [5.41, 5.74) is 0.985. The lowest BCUT2D eigenvalue weighted by molar-refractivity contribution is -0.113. The van der Waals surface area contributed by atoms with Crippen LogP contribution in [0.2, 0.25) is 5.02 Å². The number of nitrogens with one attached hydrogen (secondary N) is 1. The highest BCUT2D eigenvalue weighted by atomic mass is 35.5. The molecule has 1 N–H and O–H groups in total. The monoisotopic (exact) mass is 494 g/mol. The number of morpholine rings is 1. The maximum Gasteiger partial charge on any atom is 0.243 e. The van der Waals surface area contributed by atoms with Crippen molar-refractivity contribution in [2.24, 2.45) is 0 Å². The van der Waals surface area contributed by atoms with Crippen LogP contribution in [-0.4, -0.2) is 70.9 Å². The van der Waals surface area contributed by atoms with Crippen molar-refractivity contribution in [3.63, 3.8) is 0 Å². The molecule has 1 fully saturated rings. The number of rotatable bonds is 7. The molecule has 1 aliphatic rings. The number of carbonyl (C=O) groups excluding carboxylic acids is 1. The second-order valence-corrected chi connectivity index (χ2v) is 9.99. The minimum atomic E-state index is -3.71. The Kier molecular flexibility index (Phi) is 7.06. The SMILES string of the molecule is O=C(CSc1nnnn1-c1ccccc1)Nc1cc(S(=O)(=O)N2CCOCC2)ccc1Cl. The number of hydrogen-bond acceptors (Lipinski definition) is 8. The minimum absolute atomic E-state index is 0.00395. The summed E-state index contributed by atoms with van der Waals surface area (Å²) in [4.78, 5) is 12.6. The Hall–Kier alpha value is -2.51. The number of para-hydroxylation sites is 1. The lowest BCUT2D eigenvalue weighted by Crippen LogP contribution is -2.40. The third-order valence-corrected chi connectivity index (χ3v) is 7.74. The van der Waals surface area contributed by atoms with E-state index in [1.807, 2.05) is 30.3 Å². The van der Waals surface area contributed by atoms with E-state index in [0.717, 1.165) is 17.4 Å². The summed E-state index contributed by atoms with van der Waals surface area (Å²) < 4.78 is 33.8. The topological polar surface area (TPSA) is 119 Å². The van der Waals surface area contributed by atoms with E-state index in [0.29, 0.717) is 18.4 Å². The van der Waals surface area contributed by atoms with Crippen LogP contribution in [0.3, 0.4) is 0 Å². The Labute approximate surface area is 193 Å². The number of halogens is 1. The number of nitrogens with zero attached hydrogens (tertiary/aromatic N) is 5. The second-order valence-electron chi connectivity index (χ2n) is 6.70. The van der Waals surface area contributed by atoms with E-state index in [1.165, 1.54) is 27.2 Å². The van der Waals surface area contributed by atoms with Gasteiger partial charge in [-0.05, 0) is 40.8 Å². The Bertz CT molecular complexity index is 1200. The first-order valence-electron chi connectivity index (χ1n) is 9.59. The molecule has 1 amide bonds. The van der Waals surface area contributed by atoms with Gasteiger partial charge in [-0.1, -0.05) is 41.6 Å². The molecule has 0 radical (unpaired) electrons. The highest BCUT2D eigenvalue weighted by Crippen LogP contribution is 2.28. The maximum absolute atomic E-state index is 12.9. The smallest absolute Gasteiger partial charge is 0.243 e. The van der Waals surface area contributed by atoms with Crippen molar-refractivity contribution in [1.29, 1.82) is 0 Å². The standard InChI is InChI=1S/C19H19ClN6O4S2/c20-16-7-6-15(32(28,29)25-8-10-30-11-9-25)12-17(16)21-18(27)13-31-19-22-23-24-26(19)14-4-2-1-3-5-14/h1-7,12H,8-11,13H2,(H,21,27). The molecule has 2 heterocycles. The van der Waals surface area contributed by atoms with Gasteiger partial charge in [-0.15, -0.1) is 5.10 Å². The first-order valence-corrected chi connectivity index (χ1v) is 12.4. The Morgan fingerprint density at radius 2 is 1.91 bits per heavy atom. The first kappa shape index (κ1) is 22.7. The quantitative estimate of drug-likeness (QED) is 0.496. The predicted molar refractivity (Wildman–Crippen MR) is 120 cm³/mol. The van der Waals surface area contributed by atoms with Crippen molar-refractivity contribution in [1.82, 2.24) is 24.5 Å². The molecule has 4 rings (SSSR count). The van der Waals surface area contributed by atoms with Gasteiger partial charge in [0.25, 0.3) is 0 Å². The molecule has 32 heavy (non-hydrogen) atoms. The fourth-order valence-electron chi connectivity index (χ4n) is 3.01. The van der Waals surface area contributed by atoms with Crippen LogP contribution in [0.15, 0.2) is 58.6 Å². The number of ether oxygens (including phenoxy) is 1. The van der Waals surface area contributed by atoms with Gasteiger partial charge in [0.05, 0.1) is 40.3 Å². The zero-order chi connectivity index (χ0) is 22.6. The van der Waals surface area contributed by atoms with Crippen molar-refractivity contribution in [2.45, 2.75) is 10.1 Å². The highest BCUT2D eigenvalue weighted by Gasteiger charge is 2.27. The Morgan fingerprint density at radius 1 is 1.16 bits per heavy atom. The summed E-state index contributed by atoms with van der Waals surface area (Å²) in [5, 5.41) is 14.9. The minimum Gasteiger partial charge on any atom is -0.379 e. The van der Waals surface area contributed by atoms with Gasteiger partial charge in [0.15, 0.2) is 0 Å². The van der Waals surface area contributed by atoms with Crippen LogP contribution in [0.5, 0.6) is 0 Å². The largest absolute Gasteiger partial charge is 0.379 e. The molecule has 0 aliphatic carbocycles. The number of thioether (sulfide) groups is 1. The molecular weight excluding hydrogens is 476 g/mol. The summed E-state index contributed by atoms with van der Waals surface area (Å²) >= 11 is 7.34. The van der Waals surface area contributed by atoms with Crippen molar-refractivity contribution in [3.8, 4) is 5.69 Å². The number of sulfonamides is 1. The average Bonchev–Trinajstić information content (AvgIpc) is 3.29. The van der Waals surface area contributed by atoms with Gasteiger partial charge in [-0.3, -0.25) is 4.79 Å². The Balaban J connectivity index is 1.44. The van der Waals surface area contributed by atoms with Crippen molar-refractivity contribution >= 4 is 45.0 Å². The summed E-state index contributed by atoms with van der Waals surface area (Å²) in [5.74, 6) is -0.371. The third-order valence-electron chi connectivity index (χ3n) is 4.59. The molecule has 1 aromatic heterocycles. The molecule has 3 aromatic rings. The van der Waals surface area contributed by atoms with Gasteiger partial charge in [0, 0.05) is 13.1 Å². The molecule has 0 saturated carbocycles. The normalized spacial score (nSPS) is 14.9. The third kappa shape index (κ3) is 5.10. The number of tetrazole rings is 1. The number of hydrogen-bond donors (Lipinski definition) is 1. The fourth-order valence-corrected chi connectivity index (χ4v) is 5.30. The van der Waals surface area contributed by atoms with E-state index in [1.54, 1.807) is 0 Å². The summed E-state index contributed by atoms with van der Waals surface area (Å²) in [7, 11) is -3.71. The molecule has 13 heteroatoms. The summed E-state index contributed by atoms with van der Waals surface area (Å²) in [6.45, 7) is 1.24. The highest BCUT2D eigenvalue weighted by molar-refractivity contribution is 7.99. The van der Waals surface area contributed by atoms with Crippen LogP contribution in [0.25, 0.3) is 5.69 Å². The molecule has 0 atom stereocenters. The second kappa shape index (κ2) is 9.96. The lowest BCUT2D eigenvalue weighted by Gasteiger charge is -2.26. The molecule has 1 saturated heterocycles. The number of anilines is 1. The molecule has 0 spiro atoms. The van der Waals surface area contributed by atoms with E-state index in [-0.39, 0.29) is 40.4 Å². The molecule has 1 aliphatic heterocycles. The van der Waals surface area contributed by atoms with Crippen LogP contribution >= 0.6 is 23.4 Å². The van der Waals surface area contributed by atoms with E-state index in [9.17, 15) is 13.2 Å². The van der Waals surface area contributed by atoms with Crippen LogP contribution in [0, 0.1) is 0 Å². The number of amides is 1. The molecule has 0 bridgehead atoms. The van der Waals surface area contributed by atoms with Crippen molar-refractivity contribution in [2.75, 3.05) is 37.4 Å². The van der Waals surface area contributed by atoms with Crippen LogP contribution in [0.4, 0.5) is 5.69 Å². The lowest BCUT2D eigenvalue weighted by atomic mass is 10.3. The average molecular weight is 495 g/mol. The van der Waals surface area contributed by atoms with Crippen LogP contribution < -0.4 is 5.32 Å². The van der Waals surface area contributed by atoms with Gasteiger partial charge in [-0.2, -0.15) is 8.99 Å². The number of carbonyl (C=O) groups is 1. The van der Waals surface area contributed by atoms with E-state index < -0.39 is 10.0 Å². The molecular formula is C19H19ClN6O4S2. The van der Waals surface area contributed by atoms with Crippen molar-refractivity contribution in [3.05, 3.63) is 53.6 Å². The van der Waals surface area contributed by atoms with Gasteiger partial charge >= 0.3 is 0 Å². The number of aromatic nitrogens is 4. The van der Waals surface area contributed by atoms with Crippen LogP contribution in [-0.2, 0) is 19.6 Å².